The number of hydrogen-bond acceptors (Lipinski definition) is 3. The highest BCUT2D eigenvalue weighted by molar-refractivity contribution is 7.98. The Kier molecular flexibility index (Phi) is 6.41. The Balaban J connectivity index is 0.00000220. The van der Waals surface area contributed by atoms with Gasteiger partial charge in [-0.1, -0.05) is 25.4 Å². The van der Waals surface area contributed by atoms with E-state index < -0.39 is 0 Å². The summed E-state index contributed by atoms with van der Waals surface area (Å²) in [5, 5.41) is 0.514. The van der Waals surface area contributed by atoms with Gasteiger partial charge < -0.3 is 10.6 Å². The lowest BCUT2D eigenvalue weighted by Crippen LogP contribution is -2.54. The van der Waals surface area contributed by atoms with Gasteiger partial charge in [0.25, 0.3) is 5.91 Å². The number of nitrogens with zero attached hydrogens (tertiary/aromatic N) is 1. The number of thioether (sulfide) groups is 1. The molecule has 1 atom stereocenters. The maximum absolute atomic E-state index is 12.7. The van der Waals surface area contributed by atoms with Gasteiger partial charge in [0.05, 0.1) is 10.6 Å². The van der Waals surface area contributed by atoms with E-state index in [1.165, 1.54) is 0 Å². The molecule has 0 aromatic heterocycles. The predicted molar refractivity (Wildman–Crippen MR) is 92.8 cm³/mol. The van der Waals surface area contributed by atoms with E-state index in [9.17, 15) is 4.79 Å². The molecule has 0 radical (unpaired) electrons. The largest absolute Gasteiger partial charge is 0.338 e. The molecule has 21 heavy (non-hydrogen) atoms. The van der Waals surface area contributed by atoms with Crippen molar-refractivity contribution in [3.05, 3.63) is 28.8 Å². The molecule has 0 bridgehead atoms. The number of rotatable bonds is 2. The molecular weight excluding hydrogens is 327 g/mol. The van der Waals surface area contributed by atoms with Crippen molar-refractivity contribution in [2.75, 3.05) is 19.3 Å². The number of nitrogens with two attached hydrogens (primary N) is 1. The molecule has 2 N–H and O–H groups in total. The molecule has 1 aliphatic heterocycles. The summed E-state index contributed by atoms with van der Waals surface area (Å²) in [7, 11) is 0. The van der Waals surface area contributed by atoms with Crippen LogP contribution in [0.5, 0.6) is 0 Å². The van der Waals surface area contributed by atoms with E-state index in [1.807, 2.05) is 23.3 Å². The number of piperidine rings is 1. The minimum atomic E-state index is -0.0580. The molecule has 0 spiro atoms. The van der Waals surface area contributed by atoms with Gasteiger partial charge in [-0.25, -0.2) is 0 Å². The number of amides is 1. The van der Waals surface area contributed by atoms with Crippen molar-refractivity contribution in [2.24, 2.45) is 11.1 Å². The van der Waals surface area contributed by atoms with Crippen LogP contribution in [-0.2, 0) is 0 Å². The average Bonchev–Trinajstić information content (AvgIpc) is 2.41. The van der Waals surface area contributed by atoms with Gasteiger partial charge >= 0.3 is 0 Å². The summed E-state index contributed by atoms with van der Waals surface area (Å²) >= 11 is 7.79. The molecule has 3 nitrogen and oxygen atoms in total. The third kappa shape index (κ3) is 4.07. The fourth-order valence-corrected chi connectivity index (χ4v) is 3.15. The van der Waals surface area contributed by atoms with Crippen molar-refractivity contribution in [3.63, 3.8) is 0 Å². The van der Waals surface area contributed by atoms with Crippen molar-refractivity contribution in [1.29, 1.82) is 0 Å². The zero-order valence-electron chi connectivity index (χ0n) is 12.6. The van der Waals surface area contributed by atoms with Gasteiger partial charge in [-0.15, -0.1) is 24.2 Å². The van der Waals surface area contributed by atoms with Gasteiger partial charge in [0.2, 0.25) is 0 Å². The van der Waals surface area contributed by atoms with E-state index >= 15 is 0 Å². The second kappa shape index (κ2) is 7.23. The smallest absolute Gasteiger partial charge is 0.255 e. The zero-order chi connectivity index (χ0) is 14.9. The molecule has 1 aromatic carbocycles. The number of likely N-dealkylation sites (tertiary alicyclic amines) is 1. The number of hydrogen-bond donors (Lipinski definition) is 1. The molecule has 1 unspecified atom stereocenters. The summed E-state index contributed by atoms with van der Waals surface area (Å²) in [5.41, 5.74) is 6.65. The Morgan fingerprint density at radius 1 is 1.48 bits per heavy atom. The fraction of sp³-hybridized carbons (Fsp3) is 0.533. The van der Waals surface area contributed by atoms with Crippen molar-refractivity contribution in [3.8, 4) is 0 Å². The van der Waals surface area contributed by atoms with Crippen LogP contribution in [0.2, 0.25) is 5.02 Å². The van der Waals surface area contributed by atoms with Crippen molar-refractivity contribution >= 4 is 41.7 Å². The summed E-state index contributed by atoms with van der Waals surface area (Å²) in [4.78, 5) is 15.6. The Hall–Kier alpha value is -0.420. The van der Waals surface area contributed by atoms with Crippen molar-refractivity contribution in [1.82, 2.24) is 4.90 Å². The first-order chi connectivity index (χ1) is 9.35. The van der Waals surface area contributed by atoms with Crippen LogP contribution >= 0.6 is 35.8 Å². The van der Waals surface area contributed by atoms with Crippen LogP contribution in [0.15, 0.2) is 23.1 Å². The lowest BCUT2D eigenvalue weighted by Gasteiger charge is -2.42. The summed E-state index contributed by atoms with van der Waals surface area (Å²) in [6.45, 7) is 5.59. The fourth-order valence-electron chi connectivity index (χ4n) is 2.51. The maximum atomic E-state index is 12.7. The Morgan fingerprint density at radius 2 is 2.14 bits per heavy atom. The molecule has 1 heterocycles. The molecule has 0 aliphatic carbocycles. The topological polar surface area (TPSA) is 46.3 Å². The summed E-state index contributed by atoms with van der Waals surface area (Å²) in [5.74, 6) is 0.00544. The molecule has 1 saturated heterocycles. The molecule has 1 aliphatic rings. The molecule has 6 heteroatoms. The number of halogens is 2. The standard InChI is InChI=1S/C15H21ClN2OS.ClH/c1-15(2)9-18(7-6-13(15)17)14(19)11-8-10(20-3)4-5-12(11)16;/h4-5,8,13H,6-7,9,17H2,1-3H3;1H. The predicted octanol–water partition coefficient (Wildman–Crippen LogP) is 3.68. The molecular formula is C15H22Cl2N2OS. The monoisotopic (exact) mass is 348 g/mol. The number of carbonyl (C=O) groups excluding carboxylic acids is 1. The molecule has 118 valence electrons. The molecule has 2 rings (SSSR count). The maximum Gasteiger partial charge on any atom is 0.255 e. The average molecular weight is 349 g/mol. The van der Waals surface area contributed by atoms with E-state index in [2.05, 4.69) is 13.8 Å². The second-order valence-electron chi connectivity index (χ2n) is 5.96. The highest BCUT2D eigenvalue weighted by atomic mass is 35.5. The third-order valence-corrected chi connectivity index (χ3v) is 5.06. The van der Waals surface area contributed by atoms with Crippen LogP contribution in [0, 0.1) is 5.41 Å². The van der Waals surface area contributed by atoms with Gasteiger partial charge in [0, 0.05) is 24.0 Å². The van der Waals surface area contributed by atoms with Gasteiger partial charge in [-0.05, 0) is 36.3 Å². The number of carbonyl (C=O) groups is 1. The molecule has 1 amide bonds. The van der Waals surface area contributed by atoms with Crippen LogP contribution in [0.4, 0.5) is 0 Å². The van der Waals surface area contributed by atoms with Crippen molar-refractivity contribution in [2.45, 2.75) is 31.2 Å². The highest BCUT2D eigenvalue weighted by Crippen LogP contribution is 2.30. The van der Waals surface area contributed by atoms with E-state index in [-0.39, 0.29) is 29.8 Å². The first-order valence-corrected chi connectivity index (χ1v) is 8.34. The molecule has 1 aromatic rings. The minimum Gasteiger partial charge on any atom is -0.338 e. The normalized spacial score (nSPS) is 20.8. The first-order valence-electron chi connectivity index (χ1n) is 6.73. The van der Waals surface area contributed by atoms with Crippen LogP contribution in [0.3, 0.4) is 0 Å². The van der Waals surface area contributed by atoms with E-state index in [0.717, 1.165) is 11.3 Å². The lowest BCUT2D eigenvalue weighted by atomic mass is 9.79. The zero-order valence-corrected chi connectivity index (χ0v) is 14.9. The van der Waals surface area contributed by atoms with Gasteiger partial charge in [-0.3, -0.25) is 4.79 Å². The third-order valence-electron chi connectivity index (χ3n) is 4.00. The van der Waals surface area contributed by atoms with Gasteiger partial charge in [0.1, 0.15) is 0 Å². The highest BCUT2D eigenvalue weighted by Gasteiger charge is 2.35. The Morgan fingerprint density at radius 3 is 2.71 bits per heavy atom. The van der Waals surface area contributed by atoms with E-state index in [0.29, 0.717) is 23.7 Å². The van der Waals surface area contributed by atoms with E-state index in [4.69, 9.17) is 17.3 Å². The quantitative estimate of drug-likeness (QED) is 0.829. The first kappa shape index (κ1) is 18.6. The summed E-state index contributed by atoms with van der Waals surface area (Å²) in [6, 6.07) is 5.73. The lowest BCUT2D eigenvalue weighted by molar-refractivity contribution is 0.0533. The SMILES string of the molecule is CSc1ccc(Cl)c(C(=O)N2CCC(N)C(C)(C)C2)c1.Cl. The second-order valence-corrected chi connectivity index (χ2v) is 7.24. The number of benzene rings is 1. The Bertz CT molecular complexity index is 522. The van der Waals surface area contributed by atoms with Crippen LogP contribution in [0.1, 0.15) is 30.6 Å². The van der Waals surface area contributed by atoms with Gasteiger partial charge in [0.15, 0.2) is 0 Å². The summed E-state index contributed by atoms with van der Waals surface area (Å²) in [6.07, 6.45) is 2.82. The summed E-state index contributed by atoms with van der Waals surface area (Å²) < 4.78 is 0. The van der Waals surface area contributed by atoms with Crippen LogP contribution < -0.4 is 5.73 Å². The Labute approximate surface area is 142 Å². The molecule has 0 saturated carbocycles. The van der Waals surface area contributed by atoms with E-state index in [1.54, 1.807) is 17.8 Å². The molecule has 1 fully saturated rings. The van der Waals surface area contributed by atoms with Crippen LogP contribution in [0.25, 0.3) is 0 Å². The van der Waals surface area contributed by atoms with Crippen molar-refractivity contribution < 1.29 is 4.79 Å². The van der Waals surface area contributed by atoms with Gasteiger partial charge in [-0.2, -0.15) is 0 Å². The minimum absolute atomic E-state index is 0. The van der Waals surface area contributed by atoms with Crippen LogP contribution in [-0.4, -0.2) is 36.2 Å².